The Morgan fingerprint density at radius 1 is 1.11 bits per heavy atom. The van der Waals surface area contributed by atoms with Crippen LogP contribution in [-0.4, -0.2) is 44.6 Å². The molecule has 100 valence electrons. The zero-order valence-electron chi connectivity index (χ0n) is 11.2. The SMILES string of the molecule is CNc1nc(N2CCCC2)nc(-n2ccnc2C)n1. The van der Waals surface area contributed by atoms with E-state index < -0.39 is 0 Å². The second-order valence-electron chi connectivity index (χ2n) is 4.55. The molecule has 0 aromatic carbocycles. The Bertz CT molecular complexity index is 571. The van der Waals surface area contributed by atoms with Gasteiger partial charge >= 0.3 is 0 Å². The quantitative estimate of drug-likeness (QED) is 0.887. The zero-order valence-corrected chi connectivity index (χ0v) is 11.2. The number of hydrogen-bond acceptors (Lipinski definition) is 6. The molecule has 2 aromatic rings. The largest absolute Gasteiger partial charge is 0.357 e. The first-order valence-electron chi connectivity index (χ1n) is 6.47. The van der Waals surface area contributed by atoms with Crippen molar-refractivity contribution in [3.05, 3.63) is 18.2 Å². The summed E-state index contributed by atoms with van der Waals surface area (Å²) in [7, 11) is 1.81. The Hall–Kier alpha value is -2.18. The van der Waals surface area contributed by atoms with E-state index in [0.29, 0.717) is 11.9 Å². The minimum atomic E-state index is 0.583. The summed E-state index contributed by atoms with van der Waals surface area (Å²) in [6.07, 6.45) is 5.99. The van der Waals surface area contributed by atoms with Crippen molar-refractivity contribution in [2.75, 3.05) is 30.4 Å². The van der Waals surface area contributed by atoms with Crippen LogP contribution in [0.2, 0.25) is 0 Å². The van der Waals surface area contributed by atoms with Gasteiger partial charge in [-0.3, -0.25) is 4.57 Å². The molecular formula is C12H17N7. The van der Waals surface area contributed by atoms with Gasteiger partial charge in [-0.25, -0.2) is 4.98 Å². The van der Waals surface area contributed by atoms with Crippen LogP contribution in [0.25, 0.3) is 5.95 Å². The fourth-order valence-electron chi connectivity index (χ4n) is 2.22. The standard InChI is InChI=1S/C12H17N7/c1-9-14-5-8-19(9)12-16-10(13-2)15-11(17-12)18-6-3-4-7-18/h5,8H,3-4,6-7H2,1-2H3,(H,13,15,16,17). The molecule has 0 amide bonds. The maximum Gasteiger partial charge on any atom is 0.241 e. The number of anilines is 2. The molecule has 0 atom stereocenters. The molecule has 19 heavy (non-hydrogen) atoms. The molecule has 0 unspecified atom stereocenters. The average molecular weight is 259 g/mol. The lowest BCUT2D eigenvalue weighted by atomic mass is 10.4. The van der Waals surface area contributed by atoms with Crippen LogP contribution in [0.15, 0.2) is 12.4 Å². The van der Waals surface area contributed by atoms with Crippen LogP contribution in [0.3, 0.4) is 0 Å². The fourth-order valence-corrected chi connectivity index (χ4v) is 2.22. The molecular weight excluding hydrogens is 242 g/mol. The molecule has 0 radical (unpaired) electrons. The van der Waals surface area contributed by atoms with Crippen molar-refractivity contribution in [1.82, 2.24) is 24.5 Å². The lowest BCUT2D eigenvalue weighted by molar-refractivity contribution is 0.825. The van der Waals surface area contributed by atoms with Gasteiger partial charge in [-0.2, -0.15) is 15.0 Å². The minimum absolute atomic E-state index is 0.583. The first-order chi connectivity index (χ1) is 9.28. The van der Waals surface area contributed by atoms with Gasteiger partial charge in [0.2, 0.25) is 17.8 Å². The molecule has 0 saturated carbocycles. The predicted octanol–water partition coefficient (Wildman–Crippen LogP) is 1.01. The van der Waals surface area contributed by atoms with Gasteiger partial charge in [0.25, 0.3) is 0 Å². The van der Waals surface area contributed by atoms with E-state index in [-0.39, 0.29) is 0 Å². The van der Waals surface area contributed by atoms with Crippen LogP contribution in [-0.2, 0) is 0 Å². The fraction of sp³-hybridized carbons (Fsp3) is 0.500. The second-order valence-corrected chi connectivity index (χ2v) is 4.55. The van der Waals surface area contributed by atoms with Crippen LogP contribution in [0.1, 0.15) is 18.7 Å². The summed E-state index contributed by atoms with van der Waals surface area (Å²) >= 11 is 0. The number of nitrogens with one attached hydrogen (secondary N) is 1. The van der Waals surface area contributed by atoms with Crippen LogP contribution >= 0.6 is 0 Å². The zero-order chi connectivity index (χ0) is 13.2. The number of imidazole rings is 1. The maximum atomic E-state index is 4.55. The molecule has 3 heterocycles. The Morgan fingerprint density at radius 3 is 2.47 bits per heavy atom. The van der Waals surface area contributed by atoms with E-state index in [1.807, 2.05) is 24.7 Å². The van der Waals surface area contributed by atoms with Gasteiger partial charge in [-0.1, -0.05) is 0 Å². The van der Waals surface area contributed by atoms with Crippen molar-refractivity contribution in [3.8, 4) is 5.95 Å². The summed E-state index contributed by atoms with van der Waals surface area (Å²) in [5, 5.41) is 2.99. The van der Waals surface area contributed by atoms with Gasteiger partial charge in [-0.05, 0) is 19.8 Å². The third-order valence-electron chi connectivity index (χ3n) is 3.27. The summed E-state index contributed by atoms with van der Waals surface area (Å²) in [5.74, 6) is 2.79. The lowest BCUT2D eigenvalue weighted by Crippen LogP contribution is -2.22. The molecule has 7 heteroatoms. The summed E-state index contributed by atoms with van der Waals surface area (Å²) < 4.78 is 1.86. The van der Waals surface area contributed by atoms with Crippen molar-refractivity contribution >= 4 is 11.9 Å². The normalized spacial score (nSPS) is 14.9. The summed E-state index contributed by atoms with van der Waals surface area (Å²) in [6, 6.07) is 0. The average Bonchev–Trinajstić information content (AvgIpc) is 3.09. The van der Waals surface area contributed by atoms with Gasteiger partial charge < -0.3 is 10.2 Å². The van der Waals surface area contributed by atoms with Crippen molar-refractivity contribution in [2.45, 2.75) is 19.8 Å². The van der Waals surface area contributed by atoms with Gasteiger partial charge in [0.05, 0.1) is 0 Å². The highest BCUT2D eigenvalue weighted by molar-refractivity contribution is 5.40. The first kappa shape index (κ1) is 11.9. The van der Waals surface area contributed by atoms with Crippen LogP contribution in [0.5, 0.6) is 0 Å². The molecule has 2 aromatic heterocycles. The number of aryl methyl sites for hydroxylation is 1. The highest BCUT2D eigenvalue weighted by Gasteiger charge is 2.18. The smallest absolute Gasteiger partial charge is 0.241 e. The first-order valence-corrected chi connectivity index (χ1v) is 6.47. The topological polar surface area (TPSA) is 71.8 Å². The van der Waals surface area contributed by atoms with Crippen LogP contribution in [0, 0.1) is 6.92 Å². The van der Waals surface area contributed by atoms with Gasteiger partial charge in [0.15, 0.2) is 0 Å². The molecule has 1 aliphatic heterocycles. The predicted molar refractivity (Wildman–Crippen MR) is 72.7 cm³/mol. The van der Waals surface area contributed by atoms with Crippen LogP contribution in [0.4, 0.5) is 11.9 Å². The molecule has 7 nitrogen and oxygen atoms in total. The summed E-state index contributed by atoms with van der Waals surface area (Å²) in [4.78, 5) is 19.8. The Kier molecular flexibility index (Phi) is 3.02. The third-order valence-corrected chi connectivity index (χ3v) is 3.27. The van der Waals surface area contributed by atoms with E-state index in [2.05, 4.69) is 30.2 Å². The highest BCUT2D eigenvalue weighted by atomic mass is 15.3. The van der Waals surface area contributed by atoms with Crippen molar-refractivity contribution in [2.24, 2.45) is 0 Å². The van der Waals surface area contributed by atoms with E-state index in [1.165, 1.54) is 12.8 Å². The number of rotatable bonds is 3. The van der Waals surface area contributed by atoms with Gasteiger partial charge in [-0.15, -0.1) is 0 Å². The molecule has 1 fully saturated rings. The Morgan fingerprint density at radius 2 is 1.84 bits per heavy atom. The number of nitrogens with zero attached hydrogens (tertiary/aromatic N) is 6. The van der Waals surface area contributed by atoms with Crippen molar-refractivity contribution in [3.63, 3.8) is 0 Å². The van der Waals surface area contributed by atoms with E-state index in [4.69, 9.17) is 0 Å². The van der Waals surface area contributed by atoms with Crippen molar-refractivity contribution in [1.29, 1.82) is 0 Å². The number of hydrogen-bond donors (Lipinski definition) is 1. The third kappa shape index (κ3) is 2.23. The molecule has 0 spiro atoms. The maximum absolute atomic E-state index is 4.55. The summed E-state index contributed by atoms with van der Waals surface area (Å²) in [5.41, 5.74) is 0. The van der Waals surface area contributed by atoms with E-state index in [9.17, 15) is 0 Å². The van der Waals surface area contributed by atoms with E-state index >= 15 is 0 Å². The molecule has 1 N–H and O–H groups in total. The number of aromatic nitrogens is 5. The van der Waals surface area contributed by atoms with Crippen LogP contribution < -0.4 is 10.2 Å². The highest BCUT2D eigenvalue weighted by Crippen LogP contribution is 2.18. The monoisotopic (exact) mass is 259 g/mol. The molecule has 1 saturated heterocycles. The van der Waals surface area contributed by atoms with Gasteiger partial charge in [0.1, 0.15) is 5.82 Å². The lowest BCUT2D eigenvalue weighted by Gasteiger charge is -2.16. The second kappa shape index (κ2) is 4.83. The molecule has 0 bridgehead atoms. The van der Waals surface area contributed by atoms with E-state index in [1.54, 1.807) is 6.20 Å². The van der Waals surface area contributed by atoms with Gasteiger partial charge in [0, 0.05) is 32.5 Å². The Labute approximate surface area is 111 Å². The minimum Gasteiger partial charge on any atom is -0.357 e. The Balaban J connectivity index is 2.04. The summed E-state index contributed by atoms with van der Waals surface area (Å²) in [6.45, 7) is 3.95. The molecule has 1 aliphatic rings. The van der Waals surface area contributed by atoms with Crippen molar-refractivity contribution < 1.29 is 0 Å². The van der Waals surface area contributed by atoms with E-state index in [0.717, 1.165) is 24.9 Å². The molecule has 0 aliphatic carbocycles. The molecule has 3 rings (SSSR count).